The molecule has 7 nitrogen and oxygen atoms in total. The van der Waals surface area contributed by atoms with Gasteiger partial charge in [0.25, 0.3) is 5.56 Å². The van der Waals surface area contributed by atoms with Crippen LogP contribution < -0.4 is 5.56 Å². The molecule has 21 heavy (non-hydrogen) atoms. The van der Waals surface area contributed by atoms with Crippen molar-refractivity contribution < 1.29 is 9.84 Å². The Hall–Kier alpha value is -1.73. The molecule has 0 aromatic carbocycles. The molecule has 2 aliphatic rings. The summed E-state index contributed by atoms with van der Waals surface area (Å²) in [5.74, 6) is 0.592. The predicted molar refractivity (Wildman–Crippen MR) is 74.9 cm³/mol. The highest BCUT2D eigenvalue weighted by Gasteiger charge is 2.33. The standard InChI is InChI=1S/C14H18N4O3/c19-11(8-1-2-8)12-16-13-10(14(20)17-12)7-15-18(13)9-3-5-21-6-4-9/h7-9,11,19H,1-6H2,(H,16,17,20). The van der Waals surface area contributed by atoms with Crippen molar-refractivity contribution in [3.8, 4) is 0 Å². The van der Waals surface area contributed by atoms with Crippen molar-refractivity contribution in [3.63, 3.8) is 0 Å². The zero-order chi connectivity index (χ0) is 14.4. The Morgan fingerprint density at radius 3 is 2.81 bits per heavy atom. The number of aliphatic hydroxyl groups is 1. The first-order valence-corrected chi connectivity index (χ1v) is 7.47. The highest BCUT2D eigenvalue weighted by atomic mass is 16.5. The molecule has 2 aromatic rings. The third-order valence-electron chi connectivity index (χ3n) is 4.37. The number of ether oxygens (including phenoxy) is 1. The summed E-state index contributed by atoms with van der Waals surface area (Å²) in [7, 11) is 0. The van der Waals surface area contributed by atoms with Crippen molar-refractivity contribution in [2.75, 3.05) is 13.2 Å². The van der Waals surface area contributed by atoms with E-state index in [1.54, 1.807) is 6.20 Å². The topological polar surface area (TPSA) is 93.0 Å². The van der Waals surface area contributed by atoms with Crippen LogP contribution in [-0.4, -0.2) is 38.1 Å². The second-order valence-electron chi connectivity index (χ2n) is 5.90. The van der Waals surface area contributed by atoms with E-state index in [4.69, 9.17) is 4.74 Å². The summed E-state index contributed by atoms with van der Waals surface area (Å²) in [6.07, 6.45) is 4.59. The van der Waals surface area contributed by atoms with Crippen LogP contribution in [0, 0.1) is 5.92 Å². The zero-order valence-corrected chi connectivity index (χ0v) is 11.7. The number of hydrogen-bond donors (Lipinski definition) is 2. The van der Waals surface area contributed by atoms with E-state index in [1.807, 2.05) is 4.68 Å². The largest absolute Gasteiger partial charge is 0.385 e. The van der Waals surface area contributed by atoms with Crippen LogP contribution in [0.15, 0.2) is 11.0 Å². The number of aliphatic hydroxyl groups excluding tert-OH is 1. The second-order valence-corrected chi connectivity index (χ2v) is 5.90. The van der Waals surface area contributed by atoms with Crippen molar-refractivity contribution in [2.24, 2.45) is 5.92 Å². The summed E-state index contributed by atoms with van der Waals surface area (Å²) in [5.41, 5.74) is 0.341. The number of nitrogens with zero attached hydrogens (tertiary/aromatic N) is 3. The van der Waals surface area contributed by atoms with Crippen LogP contribution in [0.25, 0.3) is 11.0 Å². The van der Waals surface area contributed by atoms with E-state index in [0.717, 1.165) is 25.7 Å². The van der Waals surface area contributed by atoms with Crippen LogP contribution >= 0.6 is 0 Å². The number of fused-ring (bicyclic) bond motifs is 1. The van der Waals surface area contributed by atoms with Gasteiger partial charge in [0.1, 0.15) is 17.3 Å². The minimum absolute atomic E-state index is 0.205. The van der Waals surface area contributed by atoms with Crippen LogP contribution in [0.3, 0.4) is 0 Å². The van der Waals surface area contributed by atoms with Gasteiger partial charge >= 0.3 is 0 Å². The first kappa shape index (κ1) is 13.0. The lowest BCUT2D eigenvalue weighted by Crippen LogP contribution is -2.22. The van der Waals surface area contributed by atoms with E-state index in [-0.39, 0.29) is 17.5 Å². The normalized spacial score (nSPS) is 21.8. The van der Waals surface area contributed by atoms with Crippen molar-refractivity contribution >= 4 is 11.0 Å². The van der Waals surface area contributed by atoms with Crippen LogP contribution in [0.2, 0.25) is 0 Å². The molecule has 0 spiro atoms. The molecule has 4 rings (SSSR count). The Labute approximate surface area is 121 Å². The van der Waals surface area contributed by atoms with Gasteiger partial charge in [-0.1, -0.05) is 0 Å². The zero-order valence-electron chi connectivity index (χ0n) is 11.7. The van der Waals surface area contributed by atoms with E-state index in [2.05, 4.69) is 15.1 Å². The maximum atomic E-state index is 12.2. The Morgan fingerprint density at radius 1 is 1.33 bits per heavy atom. The van der Waals surface area contributed by atoms with Crippen molar-refractivity contribution in [3.05, 3.63) is 22.4 Å². The van der Waals surface area contributed by atoms with Gasteiger partial charge in [0, 0.05) is 13.2 Å². The quantitative estimate of drug-likeness (QED) is 0.876. The van der Waals surface area contributed by atoms with E-state index < -0.39 is 6.10 Å². The minimum Gasteiger partial charge on any atom is -0.385 e. The second kappa shape index (κ2) is 4.92. The summed E-state index contributed by atoms with van der Waals surface area (Å²) >= 11 is 0. The molecule has 1 unspecified atom stereocenters. The van der Waals surface area contributed by atoms with Gasteiger partial charge in [-0.15, -0.1) is 0 Å². The Kier molecular flexibility index (Phi) is 3.04. The number of rotatable bonds is 3. The summed E-state index contributed by atoms with van der Waals surface area (Å²) < 4.78 is 7.18. The predicted octanol–water partition coefficient (Wildman–Crippen LogP) is 0.914. The summed E-state index contributed by atoms with van der Waals surface area (Å²) in [6.45, 7) is 1.40. The summed E-state index contributed by atoms with van der Waals surface area (Å²) in [5, 5.41) is 15.0. The van der Waals surface area contributed by atoms with Gasteiger partial charge in [-0.25, -0.2) is 9.67 Å². The van der Waals surface area contributed by atoms with Crippen molar-refractivity contribution in [1.82, 2.24) is 19.7 Å². The van der Waals surface area contributed by atoms with Crippen LogP contribution in [0.5, 0.6) is 0 Å². The summed E-state index contributed by atoms with van der Waals surface area (Å²) in [6, 6.07) is 0.205. The highest BCUT2D eigenvalue weighted by molar-refractivity contribution is 5.73. The van der Waals surface area contributed by atoms with Gasteiger partial charge in [-0.2, -0.15) is 5.10 Å². The molecular weight excluding hydrogens is 272 g/mol. The molecule has 2 N–H and O–H groups in total. The SMILES string of the molecule is O=c1[nH]c(C(O)C2CC2)nc2c1cnn2C1CCOCC1. The van der Waals surface area contributed by atoms with Gasteiger partial charge in [-0.05, 0) is 31.6 Å². The monoisotopic (exact) mass is 290 g/mol. The maximum absolute atomic E-state index is 12.2. The molecule has 112 valence electrons. The molecule has 2 fully saturated rings. The number of aromatic amines is 1. The average Bonchev–Trinajstić information content (AvgIpc) is 3.27. The third-order valence-corrected chi connectivity index (χ3v) is 4.37. The molecule has 3 heterocycles. The van der Waals surface area contributed by atoms with E-state index in [9.17, 15) is 9.90 Å². The summed E-state index contributed by atoms with van der Waals surface area (Å²) in [4.78, 5) is 19.3. The van der Waals surface area contributed by atoms with Gasteiger partial charge in [0.15, 0.2) is 5.65 Å². The molecule has 0 radical (unpaired) electrons. The first-order chi connectivity index (χ1) is 10.2. The smallest absolute Gasteiger partial charge is 0.262 e. The lowest BCUT2D eigenvalue weighted by molar-refractivity contribution is 0.0672. The fourth-order valence-corrected chi connectivity index (χ4v) is 2.93. The minimum atomic E-state index is -0.680. The molecule has 1 aliphatic heterocycles. The van der Waals surface area contributed by atoms with Gasteiger partial charge < -0.3 is 14.8 Å². The first-order valence-electron chi connectivity index (χ1n) is 7.47. The van der Waals surface area contributed by atoms with E-state index >= 15 is 0 Å². The maximum Gasteiger partial charge on any atom is 0.262 e. The third kappa shape index (κ3) is 2.26. The van der Waals surface area contributed by atoms with Crippen molar-refractivity contribution in [1.29, 1.82) is 0 Å². The molecule has 1 saturated heterocycles. The fourth-order valence-electron chi connectivity index (χ4n) is 2.93. The molecule has 1 saturated carbocycles. The molecular formula is C14H18N4O3. The number of aromatic nitrogens is 4. The van der Waals surface area contributed by atoms with Crippen LogP contribution in [-0.2, 0) is 4.74 Å². The van der Waals surface area contributed by atoms with Crippen LogP contribution in [0.4, 0.5) is 0 Å². The Morgan fingerprint density at radius 2 is 2.10 bits per heavy atom. The molecule has 1 atom stereocenters. The average molecular weight is 290 g/mol. The Balaban J connectivity index is 1.79. The van der Waals surface area contributed by atoms with E-state index in [0.29, 0.717) is 30.1 Å². The van der Waals surface area contributed by atoms with Gasteiger partial charge in [-0.3, -0.25) is 4.79 Å². The fraction of sp³-hybridized carbons (Fsp3) is 0.643. The molecule has 2 aromatic heterocycles. The molecule has 0 amide bonds. The lowest BCUT2D eigenvalue weighted by Gasteiger charge is -2.22. The number of H-pyrrole nitrogens is 1. The molecule has 7 heteroatoms. The molecule has 0 bridgehead atoms. The molecule has 1 aliphatic carbocycles. The van der Waals surface area contributed by atoms with Gasteiger partial charge in [0.05, 0.1) is 12.2 Å². The lowest BCUT2D eigenvalue weighted by atomic mass is 10.1. The number of hydrogen-bond acceptors (Lipinski definition) is 5. The van der Waals surface area contributed by atoms with E-state index in [1.165, 1.54) is 0 Å². The van der Waals surface area contributed by atoms with Crippen molar-refractivity contribution in [2.45, 2.75) is 37.8 Å². The Bertz CT molecular complexity index is 713. The van der Waals surface area contributed by atoms with Gasteiger partial charge in [0.2, 0.25) is 0 Å². The van der Waals surface area contributed by atoms with Crippen LogP contribution in [0.1, 0.15) is 43.7 Å². The highest BCUT2D eigenvalue weighted by Crippen LogP contribution is 2.39. The number of nitrogens with one attached hydrogen (secondary N) is 1.